The zero-order valence-corrected chi connectivity index (χ0v) is 18.8. The molecule has 0 aliphatic heterocycles. The molecule has 3 aromatic carbocycles. The van der Waals surface area contributed by atoms with E-state index in [1.54, 1.807) is 6.07 Å². The Hall–Kier alpha value is -2.37. The molecule has 0 heterocycles. The Morgan fingerprint density at radius 2 is 1.48 bits per heavy atom. The van der Waals surface area contributed by atoms with Gasteiger partial charge in [0.2, 0.25) is 0 Å². The Morgan fingerprint density at radius 1 is 0.903 bits per heavy atom. The molecule has 0 aliphatic carbocycles. The second-order valence-corrected chi connectivity index (χ2v) is 9.09. The summed E-state index contributed by atoms with van der Waals surface area (Å²) in [6, 6.07) is 15.3. The van der Waals surface area contributed by atoms with Crippen LogP contribution in [0.3, 0.4) is 0 Å². The minimum Gasteiger partial charge on any atom is -0.406 e. The van der Waals surface area contributed by atoms with Gasteiger partial charge < -0.3 is 10.5 Å². The largest absolute Gasteiger partial charge is 0.573 e. The van der Waals surface area contributed by atoms with E-state index in [0.29, 0.717) is 38.8 Å². The minimum atomic E-state index is -4.75. The van der Waals surface area contributed by atoms with Crippen molar-refractivity contribution in [2.24, 2.45) is 0 Å². The monoisotopic (exact) mass is 467 g/mol. The summed E-state index contributed by atoms with van der Waals surface area (Å²) in [7, 11) is 0. The molecular weight excluding hydrogens is 446 g/mol. The predicted molar refractivity (Wildman–Crippen MR) is 121 cm³/mol. The summed E-state index contributed by atoms with van der Waals surface area (Å²) >= 11 is 13.1. The van der Waals surface area contributed by atoms with Crippen molar-refractivity contribution in [2.75, 3.05) is 5.73 Å². The van der Waals surface area contributed by atoms with E-state index in [1.807, 2.05) is 12.1 Å². The fraction of sp³-hybridized carbons (Fsp3) is 0.250. The van der Waals surface area contributed by atoms with Crippen molar-refractivity contribution in [2.45, 2.75) is 39.0 Å². The minimum absolute atomic E-state index is 0.0561. The van der Waals surface area contributed by atoms with Crippen LogP contribution in [0.2, 0.25) is 10.0 Å². The third-order valence-corrected chi connectivity index (χ3v) is 5.72. The molecule has 31 heavy (non-hydrogen) atoms. The summed E-state index contributed by atoms with van der Waals surface area (Å²) in [6.45, 7) is 6.45. The lowest BCUT2D eigenvalue weighted by Gasteiger charge is -2.19. The van der Waals surface area contributed by atoms with Crippen LogP contribution in [-0.2, 0) is 11.8 Å². The molecule has 0 aromatic heterocycles. The van der Waals surface area contributed by atoms with Gasteiger partial charge in [-0.3, -0.25) is 0 Å². The van der Waals surface area contributed by atoms with Crippen LogP contribution in [-0.4, -0.2) is 6.36 Å². The van der Waals surface area contributed by atoms with Gasteiger partial charge in [-0.25, -0.2) is 0 Å². The number of benzene rings is 3. The molecule has 2 N–H and O–H groups in total. The number of rotatable bonds is 4. The Labute approximate surface area is 189 Å². The average Bonchev–Trinajstić information content (AvgIpc) is 2.67. The maximum atomic E-state index is 12.4. The first kappa shape index (κ1) is 23.3. The van der Waals surface area contributed by atoms with Gasteiger partial charge in [0, 0.05) is 17.0 Å². The lowest BCUT2D eigenvalue weighted by atomic mass is 9.86. The topological polar surface area (TPSA) is 35.2 Å². The molecule has 3 aromatic rings. The number of halogens is 5. The van der Waals surface area contributed by atoms with Gasteiger partial charge in [-0.05, 0) is 45.9 Å². The molecule has 0 unspecified atom stereocenters. The Bertz CT molecular complexity index is 1070. The van der Waals surface area contributed by atoms with Crippen LogP contribution in [0.15, 0.2) is 54.6 Å². The highest BCUT2D eigenvalue weighted by molar-refractivity contribution is 6.38. The maximum absolute atomic E-state index is 12.4. The molecule has 0 bridgehead atoms. The fourth-order valence-electron chi connectivity index (χ4n) is 3.24. The molecule has 0 atom stereocenters. The van der Waals surface area contributed by atoms with Crippen LogP contribution in [0.25, 0.3) is 11.1 Å². The van der Waals surface area contributed by atoms with Gasteiger partial charge in [0.1, 0.15) is 5.75 Å². The molecule has 164 valence electrons. The van der Waals surface area contributed by atoms with Gasteiger partial charge in [-0.2, -0.15) is 0 Å². The third kappa shape index (κ3) is 5.66. The van der Waals surface area contributed by atoms with Crippen molar-refractivity contribution >= 4 is 28.9 Å². The number of alkyl halides is 3. The van der Waals surface area contributed by atoms with E-state index >= 15 is 0 Å². The van der Waals surface area contributed by atoms with Gasteiger partial charge in [0.15, 0.2) is 0 Å². The molecule has 0 amide bonds. The van der Waals surface area contributed by atoms with E-state index in [0.717, 1.165) is 5.56 Å². The number of anilines is 1. The maximum Gasteiger partial charge on any atom is 0.573 e. The predicted octanol–water partition coefficient (Wildman–Crippen LogP) is 8.03. The van der Waals surface area contributed by atoms with Crippen molar-refractivity contribution in [3.63, 3.8) is 0 Å². The molecule has 0 saturated carbocycles. The normalized spacial score (nSPS) is 12.1. The molecule has 0 aliphatic rings. The van der Waals surface area contributed by atoms with Crippen LogP contribution in [0.4, 0.5) is 18.9 Å². The standard InChI is InChI=1S/C24H22Cl2F3NO/c1-23(2,3)16-8-4-14(5-9-16)12-19-20(25)13-18(22(30)21(19)26)15-6-10-17(11-7-15)31-24(27,28)29/h4-11,13H,12,30H2,1-3H3. The Balaban J connectivity index is 1.89. The molecular formula is C24H22Cl2F3NO. The van der Waals surface area contributed by atoms with Crippen molar-refractivity contribution < 1.29 is 17.9 Å². The SMILES string of the molecule is CC(C)(C)c1ccc(Cc2c(Cl)cc(-c3ccc(OC(F)(F)F)cc3)c(N)c2Cl)cc1. The fourth-order valence-corrected chi connectivity index (χ4v) is 3.83. The summed E-state index contributed by atoms with van der Waals surface area (Å²) in [5, 5.41) is 0.766. The lowest BCUT2D eigenvalue weighted by molar-refractivity contribution is -0.274. The highest BCUT2D eigenvalue weighted by Crippen LogP contribution is 2.40. The van der Waals surface area contributed by atoms with E-state index in [2.05, 4.69) is 37.6 Å². The van der Waals surface area contributed by atoms with Crippen molar-refractivity contribution in [1.29, 1.82) is 0 Å². The third-order valence-electron chi connectivity index (χ3n) is 4.95. The van der Waals surface area contributed by atoms with Gasteiger partial charge in [0.05, 0.1) is 10.7 Å². The van der Waals surface area contributed by atoms with E-state index in [-0.39, 0.29) is 11.2 Å². The van der Waals surface area contributed by atoms with Gasteiger partial charge in [0.25, 0.3) is 0 Å². The molecule has 2 nitrogen and oxygen atoms in total. The van der Waals surface area contributed by atoms with Gasteiger partial charge in [-0.15, -0.1) is 13.2 Å². The van der Waals surface area contributed by atoms with E-state index in [4.69, 9.17) is 28.9 Å². The number of ether oxygens (including phenoxy) is 1. The highest BCUT2D eigenvalue weighted by atomic mass is 35.5. The zero-order valence-electron chi connectivity index (χ0n) is 17.3. The van der Waals surface area contributed by atoms with Gasteiger partial charge >= 0.3 is 6.36 Å². The van der Waals surface area contributed by atoms with Crippen LogP contribution >= 0.6 is 23.2 Å². The summed E-state index contributed by atoms with van der Waals surface area (Å²) in [4.78, 5) is 0. The van der Waals surface area contributed by atoms with Crippen molar-refractivity contribution in [1.82, 2.24) is 0 Å². The molecule has 0 fully saturated rings. The van der Waals surface area contributed by atoms with Gasteiger partial charge in [-0.1, -0.05) is 80.4 Å². The lowest BCUT2D eigenvalue weighted by Crippen LogP contribution is -2.16. The van der Waals surface area contributed by atoms with Crippen LogP contribution < -0.4 is 10.5 Å². The molecule has 3 rings (SSSR count). The number of hydrogen-bond acceptors (Lipinski definition) is 2. The summed E-state index contributed by atoms with van der Waals surface area (Å²) in [5.41, 5.74) is 10.7. The van der Waals surface area contributed by atoms with Crippen molar-refractivity contribution in [3.8, 4) is 16.9 Å². The second kappa shape index (κ2) is 8.64. The zero-order chi connectivity index (χ0) is 23.0. The summed E-state index contributed by atoms with van der Waals surface area (Å²) < 4.78 is 41.0. The number of nitrogen functional groups attached to an aromatic ring is 1. The van der Waals surface area contributed by atoms with E-state index in [1.165, 1.54) is 29.8 Å². The quantitative estimate of drug-likeness (QED) is 0.394. The summed E-state index contributed by atoms with van der Waals surface area (Å²) in [5.74, 6) is -0.317. The molecule has 0 radical (unpaired) electrons. The second-order valence-electron chi connectivity index (χ2n) is 8.31. The first-order chi connectivity index (χ1) is 14.3. The highest BCUT2D eigenvalue weighted by Gasteiger charge is 2.31. The van der Waals surface area contributed by atoms with Crippen LogP contribution in [0, 0.1) is 0 Å². The van der Waals surface area contributed by atoms with Crippen LogP contribution in [0.5, 0.6) is 5.75 Å². The molecule has 0 spiro atoms. The van der Waals surface area contributed by atoms with Crippen LogP contribution in [0.1, 0.15) is 37.5 Å². The number of nitrogens with two attached hydrogens (primary N) is 1. The smallest absolute Gasteiger partial charge is 0.406 e. The van der Waals surface area contributed by atoms with E-state index < -0.39 is 6.36 Å². The Morgan fingerprint density at radius 3 is 2.00 bits per heavy atom. The first-order valence-electron chi connectivity index (χ1n) is 9.57. The number of hydrogen-bond donors (Lipinski definition) is 1. The first-order valence-corrected chi connectivity index (χ1v) is 10.3. The summed E-state index contributed by atoms with van der Waals surface area (Å²) in [6.07, 6.45) is -4.25. The molecule has 0 saturated heterocycles. The average molecular weight is 468 g/mol. The Kier molecular flexibility index (Phi) is 6.49. The van der Waals surface area contributed by atoms with E-state index in [9.17, 15) is 13.2 Å². The van der Waals surface area contributed by atoms with Crippen molar-refractivity contribution in [3.05, 3.63) is 81.3 Å². The molecule has 7 heteroatoms.